The highest BCUT2D eigenvalue weighted by molar-refractivity contribution is 6.07. The van der Waals surface area contributed by atoms with Crippen LogP contribution >= 0.6 is 0 Å². The fourth-order valence-electron chi connectivity index (χ4n) is 3.41. The smallest absolute Gasteiger partial charge is 0.255 e. The van der Waals surface area contributed by atoms with Gasteiger partial charge in [0.05, 0.1) is 29.4 Å². The van der Waals surface area contributed by atoms with E-state index >= 15 is 0 Å². The van der Waals surface area contributed by atoms with Gasteiger partial charge in [0.15, 0.2) is 0 Å². The van der Waals surface area contributed by atoms with E-state index in [2.05, 4.69) is 15.7 Å². The minimum absolute atomic E-state index is 0.159. The van der Waals surface area contributed by atoms with Gasteiger partial charge in [0.25, 0.3) is 5.91 Å². The van der Waals surface area contributed by atoms with Crippen LogP contribution < -0.4 is 15.8 Å². The molecule has 0 radical (unpaired) electrons. The molecule has 136 valence electrons. The maximum absolute atomic E-state index is 12.8. The maximum atomic E-state index is 12.8. The Bertz CT molecular complexity index is 926. The van der Waals surface area contributed by atoms with Gasteiger partial charge in [0, 0.05) is 11.8 Å². The molecule has 2 unspecified atom stereocenters. The Morgan fingerprint density at radius 1 is 1.11 bits per heavy atom. The number of allylic oxidation sites excluding steroid dienone is 2. The van der Waals surface area contributed by atoms with E-state index in [0.717, 1.165) is 0 Å². The normalized spacial score (nSPS) is 21.4. The highest BCUT2D eigenvalue weighted by Crippen LogP contribution is 2.32. The van der Waals surface area contributed by atoms with Gasteiger partial charge in [-0.05, 0) is 43.2 Å². The highest BCUT2D eigenvalue weighted by atomic mass is 16.2. The molecule has 1 fully saturated rings. The lowest BCUT2D eigenvalue weighted by molar-refractivity contribution is -0.139. The standard InChI is InChI=1S/C20H18N4O3/c25-18(22-14-6-4-10-21-12-14)13-5-3-7-15(11-13)24-20(27)17-9-2-1-8-16(17)19(26)23-24/h1-7,10-12,16-17H,8-9H2,(H,22,25)(H,23,26). The number of carbonyl (C=O) groups is 3. The van der Waals surface area contributed by atoms with Crippen LogP contribution in [0.3, 0.4) is 0 Å². The van der Waals surface area contributed by atoms with Crippen LogP contribution in [0.15, 0.2) is 60.9 Å². The van der Waals surface area contributed by atoms with Crippen LogP contribution in [-0.2, 0) is 9.59 Å². The van der Waals surface area contributed by atoms with Gasteiger partial charge in [-0.3, -0.25) is 24.8 Å². The molecule has 0 saturated carbocycles. The Morgan fingerprint density at radius 3 is 2.70 bits per heavy atom. The molecule has 4 rings (SSSR count). The van der Waals surface area contributed by atoms with Gasteiger partial charge >= 0.3 is 0 Å². The lowest BCUT2D eigenvalue weighted by Crippen LogP contribution is -2.59. The first-order chi connectivity index (χ1) is 13.1. The molecule has 1 aliphatic carbocycles. The zero-order chi connectivity index (χ0) is 18.8. The first-order valence-corrected chi connectivity index (χ1v) is 8.74. The summed E-state index contributed by atoms with van der Waals surface area (Å²) in [5.74, 6) is -1.34. The summed E-state index contributed by atoms with van der Waals surface area (Å²) in [5, 5.41) is 4.01. The number of fused-ring (bicyclic) bond motifs is 1. The zero-order valence-electron chi connectivity index (χ0n) is 14.5. The van der Waals surface area contributed by atoms with E-state index in [-0.39, 0.29) is 29.6 Å². The summed E-state index contributed by atoms with van der Waals surface area (Å²) in [4.78, 5) is 41.7. The van der Waals surface area contributed by atoms with Crippen LogP contribution in [-0.4, -0.2) is 22.7 Å². The molecular weight excluding hydrogens is 344 g/mol. The molecule has 7 nitrogen and oxygen atoms in total. The molecule has 7 heteroatoms. The third-order valence-electron chi connectivity index (χ3n) is 4.81. The predicted molar refractivity (Wildman–Crippen MR) is 99.6 cm³/mol. The molecule has 27 heavy (non-hydrogen) atoms. The molecule has 0 spiro atoms. The van der Waals surface area contributed by atoms with Crippen molar-refractivity contribution >= 4 is 29.1 Å². The van der Waals surface area contributed by atoms with Crippen molar-refractivity contribution in [3.63, 3.8) is 0 Å². The Balaban J connectivity index is 1.57. The van der Waals surface area contributed by atoms with Gasteiger partial charge in [-0.1, -0.05) is 18.2 Å². The average Bonchev–Trinajstić information content (AvgIpc) is 2.71. The SMILES string of the molecule is O=C(Nc1cccnc1)c1cccc(N2NC(=O)C3CC=CCC3C2=O)c1. The van der Waals surface area contributed by atoms with Crippen LogP contribution in [0.5, 0.6) is 0 Å². The molecule has 2 N–H and O–H groups in total. The first-order valence-electron chi connectivity index (χ1n) is 8.74. The number of hydrogen-bond acceptors (Lipinski definition) is 4. The number of amides is 3. The summed E-state index contributed by atoms with van der Waals surface area (Å²) in [6, 6.07) is 10.1. The van der Waals surface area contributed by atoms with E-state index in [9.17, 15) is 14.4 Å². The number of hydrogen-bond donors (Lipinski definition) is 2. The van der Waals surface area contributed by atoms with Gasteiger partial charge < -0.3 is 5.32 Å². The van der Waals surface area contributed by atoms with Crippen molar-refractivity contribution in [1.29, 1.82) is 0 Å². The molecule has 2 aromatic rings. The van der Waals surface area contributed by atoms with Crippen LogP contribution in [0, 0.1) is 11.8 Å². The monoisotopic (exact) mass is 362 g/mol. The van der Waals surface area contributed by atoms with Crippen LogP contribution in [0.1, 0.15) is 23.2 Å². The van der Waals surface area contributed by atoms with Gasteiger partial charge in [0.2, 0.25) is 11.8 Å². The number of nitrogens with one attached hydrogen (secondary N) is 2. The lowest BCUT2D eigenvalue weighted by Gasteiger charge is -2.38. The zero-order valence-corrected chi connectivity index (χ0v) is 14.5. The van der Waals surface area contributed by atoms with E-state index in [0.29, 0.717) is 29.8 Å². The second-order valence-electron chi connectivity index (χ2n) is 6.55. The number of nitrogens with zero attached hydrogens (tertiary/aromatic N) is 2. The fraction of sp³-hybridized carbons (Fsp3) is 0.200. The number of anilines is 2. The summed E-state index contributed by atoms with van der Waals surface area (Å²) < 4.78 is 0. The molecule has 1 aromatic carbocycles. The molecule has 0 bridgehead atoms. The van der Waals surface area contributed by atoms with Crippen molar-refractivity contribution in [3.8, 4) is 0 Å². The minimum atomic E-state index is -0.364. The topological polar surface area (TPSA) is 91.4 Å². The second-order valence-corrected chi connectivity index (χ2v) is 6.55. The molecule has 2 heterocycles. The first kappa shape index (κ1) is 17.0. The van der Waals surface area contributed by atoms with E-state index in [1.54, 1.807) is 48.8 Å². The number of hydrazine groups is 1. The third kappa shape index (κ3) is 3.31. The van der Waals surface area contributed by atoms with E-state index in [4.69, 9.17) is 0 Å². The molecular formula is C20H18N4O3. The summed E-state index contributed by atoms with van der Waals surface area (Å²) in [5.41, 5.74) is 4.08. The largest absolute Gasteiger partial charge is 0.321 e. The van der Waals surface area contributed by atoms with Crippen molar-refractivity contribution in [1.82, 2.24) is 10.4 Å². The van der Waals surface area contributed by atoms with Crippen molar-refractivity contribution in [2.45, 2.75) is 12.8 Å². The van der Waals surface area contributed by atoms with Gasteiger partial charge in [-0.25, -0.2) is 5.01 Å². The second kappa shape index (κ2) is 7.03. The number of rotatable bonds is 3. The number of aromatic nitrogens is 1. The maximum Gasteiger partial charge on any atom is 0.255 e. The summed E-state index contributed by atoms with van der Waals surface area (Å²) >= 11 is 0. The minimum Gasteiger partial charge on any atom is -0.321 e. The van der Waals surface area contributed by atoms with Gasteiger partial charge in [-0.2, -0.15) is 0 Å². The highest BCUT2D eigenvalue weighted by Gasteiger charge is 2.42. The lowest BCUT2D eigenvalue weighted by atomic mass is 9.80. The molecule has 1 aliphatic heterocycles. The fourth-order valence-corrected chi connectivity index (χ4v) is 3.41. The summed E-state index contributed by atoms with van der Waals surface area (Å²) in [6.07, 6.45) is 8.17. The van der Waals surface area contributed by atoms with Crippen molar-refractivity contribution < 1.29 is 14.4 Å². The number of benzene rings is 1. The summed E-state index contributed by atoms with van der Waals surface area (Å²) in [7, 11) is 0. The van der Waals surface area contributed by atoms with Crippen molar-refractivity contribution in [2.75, 3.05) is 10.3 Å². The Kier molecular flexibility index (Phi) is 4.42. The molecule has 2 atom stereocenters. The van der Waals surface area contributed by atoms with E-state index in [1.807, 2.05) is 12.2 Å². The predicted octanol–water partition coefficient (Wildman–Crippen LogP) is 2.29. The average molecular weight is 362 g/mol. The Morgan fingerprint density at radius 2 is 1.93 bits per heavy atom. The molecule has 1 saturated heterocycles. The van der Waals surface area contributed by atoms with Crippen LogP contribution in [0.25, 0.3) is 0 Å². The number of pyridine rings is 1. The molecule has 3 amide bonds. The van der Waals surface area contributed by atoms with E-state index in [1.165, 1.54) is 5.01 Å². The molecule has 1 aromatic heterocycles. The van der Waals surface area contributed by atoms with Crippen molar-refractivity contribution in [3.05, 3.63) is 66.5 Å². The number of carbonyl (C=O) groups excluding carboxylic acids is 3. The Labute approximate surface area is 156 Å². The Hall–Kier alpha value is -3.48. The van der Waals surface area contributed by atoms with Crippen molar-refractivity contribution in [2.24, 2.45) is 11.8 Å². The third-order valence-corrected chi connectivity index (χ3v) is 4.81. The molecule has 2 aliphatic rings. The quantitative estimate of drug-likeness (QED) is 0.820. The van der Waals surface area contributed by atoms with Gasteiger partial charge in [-0.15, -0.1) is 0 Å². The summed E-state index contributed by atoms with van der Waals surface area (Å²) in [6.45, 7) is 0. The van der Waals surface area contributed by atoms with E-state index < -0.39 is 0 Å². The van der Waals surface area contributed by atoms with Crippen LogP contribution in [0.4, 0.5) is 11.4 Å². The van der Waals surface area contributed by atoms with Gasteiger partial charge in [0.1, 0.15) is 0 Å². The van der Waals surface area contributed by atoms with Crippen LogP contribution in [0.2, 0.25) is 0 Å².